The van der Waals surface area contributed by atoms with Crippen molar-refractivity contribution in [3.8, 4) is 0 Å². The maximum Gasteiger partial charge on any atom is 0.460 e. The number of non-ortho nitro benzene ring substituents is 1. The lowest BCUT2D eigenvalue weighted by Gasteiger charge is -2.25. The predicted octanol–water partition coefficient (Wildman–Crippen LogP) is 2.59. The zero-order valence-electron chi connectivity index (χ0n) is 11.6. The van der Waals surface area contributed by atoms with Crippen LogP contribution in [0.15, 0.2) is 29.4 Å². The molecule has 0 saturated carbocycles. The van der Waals surface area contributed by atoms with Crippen molar-refractivity contribution in [1.29, 1.82) is 0 Å². The SMILES string of the molecule is N/C(=N\OC(=O)C(F)(F)C(F)(F)C(F)(F)F)c1ccc([N+](=O)[O-])cc1. The first-order valence-electron chi connectivity index (χ1n) is 5.84. The average Bonchev–Trinajstić information content (AvgIpc) is 2.50. The van der Waals surface area contributed by atoms with E-state index in [1.165, 1.54) is 0 Å². The molecule has 0 bridgehead atoms. The molecule has 0 heterocycles. The number of alkyl halides is 7. The summed E-state index contributed by atoms with van der Waals surface area (Å²) in [5.41, 5.74) is 4.54. The molecule has 1 aromatic rings. The van der Waals surface area contributed by atoms with E-state index in [2.05, 4.69) is 9.99 Å². The maximum atomic E-state index is 13.0. The molecule has 0 atom stereocenters. The molecule has 2 N–H and O–H groups in total. The lowest BCUT2D eigenvalue weighted by Crippen LogP contribution is -2.56. The second-order valence-corrected chi connectivity index (χ2v) is 4.31. The predicted molar refractivity (Wildman–Crippen MR) is 65.9 cm³/mol. The van der Waals surface area contributed by atoms with Gasteiger partial charge in [0.2, 0.25) is 0 Å². The topological polar surface area (TPSA) is 108 Å². The molecule has 0 fully saturated rings. The normalized spacial score (nSPS) is 13.5. The molecular formula is C11H6F7N3O4. The van der Waals surface area contributed by atoms with Crippen LogP contribution < -0.4 is 5.73 Å². The van der Waals surface area contributed by atoms with Crippen molar-refractivity contribution in [3.63, 3.8) is 0 Å². The Balaban J connectivity index is 2.96. The van der Waals surface area contributed by atoms with Gasteiger partial charge in [0.05, 0.1) is 4.92 Å². The molecule has 0 radical (unpaired) electrons. The molecule has 14 heteroatoms. The highest BCUT2D eigenvalue weighted by Crippen LogP contribution is 2.46. The maximum absolute atomic E-state index is 13.0. The Kier molecular flexibility index (Phi) is 5.25. The van der Waals surface area contributed by atoms with E-state index in [1.807, 2.05) is 0 Å². The molecule has 0 aliphatic carbocycles. The van der Waals surface area contributed by atoms with Gasteiger partial charge in [-0.05, 0) is 12.1 Å². The molecular weight excluding hydrogens is 371 g/mol. The van der Waals surface area contributed by atoms with Gasteiger partial charge in [0.15, 0.2) is 5.84 Å². The van der Waals surface area contributed by atoms with Gasteiger partial charge in [-0.2, -0.15) is 30.7 Å². The van der Waals surface area contributed by atoms with Crippen LogP contribution in [0, 0.1) is 10.1 Å². The smallest absolute Gasteiger partial charge is 0.380 e. The van der Waals surface area contributed by atoms with Crippen molar-refractivity contribution in [1.82, 2.24) is 0 Å². The van der Waals surface area contributed by atoms with Gasteiger partial charge in [0.1, 0.15) is 0 Å². The third-order valence-corrected chi connectivity index (χ3v) is 2.61. The highest BCUT2D eigenvalue weighted by atomic mass is 19.4. The van der Waals surface area contributed by atoms with Crippen LogP contribution in [-0.2, 0) is 9.63 Å². The van der Waals surface area contributed by atoms with Crippen LogP contribution in [0.2, 0.25) is 0 Å². The molecule has 7 nitrogen and oxygen atoms in total. The van der Waals surface area contributed by atoms with Gasteiger partial charge in [0, 0.05) is 17.7 Å². The van der Waals surface area contributed by atoms with E-state index in [9.17, 15) is 45.6 Å². The summed E-state index contributed by atoms with van der Waals surface area (Å²) in [6.45, 7) is 0. The lowest BCUT2D eigenvalue weighted by molar-refractivity contribution is -0.384. The molecule has 1 rings (SSSR count). The third kappa shape index (κ3) is 3.95. The largest absolute Gasteiger partial charge is 0.460 e. The van der Waals surface area contributed by atoms with Crippen LogP contribution in [0.25, 0.3) is 0 Å². The molecule has 0 aliphatic heterocycles. The third-order valence-electron chi connectivity index (χ3n) is 2.61. The van der Waals surface area contributed by atoms with E-state index >= 15 is 0 Å². The Morgan fingerprint density at radius 3 is 1.96 bits per heavy atom. The fourth-order valence-corrected chi connectivity index (χ4v) is 1.26. The van der Waals surface area contributed by atoms with Gasteiger partial charge in [0.25, 0.3) is 5.69 Å². The number of benzene rings is 1. The highest BCUT2D eigenvalue weighted by Gasteiger charge is 2.77. The standard InChI is InChI=1S/C11H6F7N3O4/c12-9(13,10(14,15)11(16,17)18)8(22)25-20-7(19)5-1-3-6(4-2-5)21(23)24/h1-4H,(H2,19,20). The van der Waals surface area contributed by atoms with Gasteiger partial charge >= 0.3 is 24.0 Å². The van der Waals surface area contributed by atoms with Gasteiger partial charge in [-0.1, -0.05) is 5.16 Å². The van der Waals surface area contributed by atoms with Crippen LogP contribution in [0.5, 0.6) is 0 Å². The van der Waals surface area contributed by atoms with E-state index in [0.29, 0.717) is 0 Å². The average molecular weight is 377 g/mol. The number of carbonyl (C=O) groups is 1. The van der Waals surface area contributed by atoms with E-state index < -0.39 is 40.4 Å². The first-order chi connectivity index (χ1) is 11.2. The molecule has 0 amide bonds. The fourth-order valence-electron chi connectivity index (χ4n) is 1.26. The van der Waals surface area contributed by atoms with Crippen LogP contribution in [0.3, 0.4) is 0 Å². The Morgan fingerprint density at radius 2 is 1.56 bits per heavy atom. The summed E-state index contributed by atoms with van der Waals surface area (Å²) in [5, 5.41) is 12.9. The molecule has 0 saturated heterocycles. The molecule has 0 aromatic heterocycles. The molecule has 25 heavy (non-hydrogen) atoms. The van der Waals surface area contributed by atoms with Gasteiger partial charge < -0.3 is 10.6 Å². The number of oxime groups is 1. The van der Waals surface area contributed by atoms with E-state index in [0.717, 1.165) is 24.3 Å². The van der Waals surface area contributed by atoms with Crippen LogP contribution in [-0.4, -0.2) is 34.7 Å². The van der Waals surface area contributed by atoms with Crippen LogP contribution >= 0.6 is 0 Å². The number of nitrogens with two attached hydrogens (primary N) is 1. The summed E-state index contributed by atoms with van der Waals surface area (Å²) in [6.07, 6.45) is -6.72. The second kappa shape index (κ2) is 6.52. The molecule has 0 aliphatic rings. The summed E-state index contributed by atoms with van der Waals surface area (Å²) < 4.78 is 86.8. The number of rotatable bonds is 5. The van der Waals surface area contributed by atoms with Crippen molar-refractivity contribution in [2.75, 3.05) is 0 Å². The van der Waals surface area contributed by atoms with Gasteiger partial charge in [-0.15, -0.1) is 0 Å². The van der Waals surface area contributed by atoms with Crippen LogP contribution in [0.1, 0.15) is 5.56 Å². The molecule has 0 unspecified atom stereocenters. The molecule has 138 valence electrons. The number of nitro groups is 1. The van der Waals surface area contributed by atoms with Crippen molar-refractivity contribution in [2.24, 2.45) is 10.9 Å². The van der Waals surface area contributed by atoms with Gasteiger partial charge in [-0.25, -0.2) is 4.79 Å². The minimum Gasteiger partial charge on any atom is -0.380 e. The summed E-state index contributed by atoms with van der Waals surface area (Å²) in [5.74, 6) is -17.1. The van der Waals surface area contributed by atoms with E-state index in [4.69, 9.17) is 5.73 Å². The summed E-state index contributed by atoms with van der Waals surface area (Å²) >= 11 is 0. The summed E-state index contributed by atoms with van der Waals surface area (Å²) in [6, 6.07) is 3.67. The minimum absolute atomic E-state index is 0.218. The second-order valence-electron chi connectivity index (χ2n) is 4.31. The van der Waals surface area contributed by atoms with E-state index in [-0.39, 0.29) is 5.56 Å². The Bertz CT molecular complexity index is 701. The van der Waals surface area contributed by atoms with E-state index in [1.54, 1.807) is 0 Å². The summed E-state index contributed by atoms with van der Waals surface area (Å²) in [7, 11) is 0. The minimum atomic E-state index is -6.72. The molecule has 1 aromatic carbocycles. The number of hydrogen-bond donors (Lipinski definition) is 1. The van der Waals surface area contributed by atoms with Crippen molar-refractivity contribution in [2.45, 2.75) is 18.0 Å². The number of halogens is 7. The number of nitro benzene ring substituents is 1. The number of hydrogen-bond acceptors (Lipinski definition) is 5. The zero-order valence-corrected chi connectivity index (χ0v) is 11.6. The van der Waals surface area contributed by atoms with Crippen molar-refractivity contribution >= 4 is 17.5 Å². The monoisotopic (exact) mass is 377 g/mol. The zero-order chi connectivity index (χ0) is 19.6. The highest BCUT2D eigenvalue weighted by molar-refractivity contribution is 5.97. The molecule has 0 spiro atoms. The Hall–Kier alpha value is -2.93. The van der Waals surface area contributed by atoms with Crippen molar-refractivity contribution in [3.05, 3.63) is 39.9 Å². The fraction of sp³-hybridized carbons (Fsp3) is 0.273. The Labute approximate surface area is 133 Å². The quantitative estimate of drug-likeness (QED) is 0.212. The number of amidine groups is 1. The Morgan fingerprint density at radius 1 is 1.08 bits per heavy atom. The van der Waals surface area contributed by atoms with Crippen LogP contribution in [0.4, 0.5) is 36.4 Å². The number of carbonyl (C=O) groups excluding carboxylic acids is 1. The number of nitrogens with zero attached hydrogens (tertiary/aromatic N) is 2. The van der Waals surface area contributed by atoms with Crippen molar-refractivity contribution < 1.29 is 45.3 Å². The summed E-state index contributed by atoms with van der Waals surface area (Å²) in [4.78, 5) is 23.8. The first-order valence-corrected chi connectivity index (χ1v) is 5.84. The first kappa shape index (κ1) is 20.1. The van der Waals surface area contributed by atoms with Gasteiger partial charge in [-0.3, -0.25) is 10.1 Å². The lowest BCUT2D eigenvalue weighted by atomic mass is 10.1.